The van der Waals surface area contributed by atoms with E-state index in [1.54, 1.807) is 0 Å². The number of carbonyl (C=O) groups excluding carboxylic acids is 1. The van der Waals surface area contributed by atoms with Crippen LogP contribution in [0.4, 0.5) is 0 Å². The Morgan fingerprint density at radius 2 is 1.88 bits per heavy atom. The zero-order valence-corrected chi connectivity index (χ0v) is 11.2. The van der Waals surface area contributed by atoms with Crippen molar-refractivity contribution in [3.05, 3.63) is 0 Å². The zero-order chi connectivity index (χ0) is 11.5. The fraction of sp³-hybridized carbons (Fsp3) is 0.917. The quantitative estimate of drug-likeness (QED) is 0.636. The minimum atomic E-state index is -0.177. The molecule has 0 aromatic heterocycles. The normalized spacial score (nSPS) is 33.1. The number of aliphatic hydroxyl groups excluding tert-OH is 1. The molecule has 3 nitrogen and oxygen atoms in total. The molecule has 1 amide bonds. The summed E-state index contributed by atoms with van der Waals surface area (Å²) in [5, 5.41) is 10.6. The van der Waals surface area contributed by atoms with Crippen LogP contribution in [0.3, 0.4) is 0 Å². The Labute approximate surface area is 105 Å². The predicted molar refractivity (Wildman–Crippen MR) is 66.5 cm³/mol. The van der Waals surface area contributed by atoms with Gasteiger partial charge < -0.3 is 10.0 Å². The molecule has 2 saturated heterocycles. The van der Waals surface area contributed by atoms with Gasteiger partial charge in [0, 0.05) is 23.8 Å². The van der Waals surface area contributed by atoms with Gasteiger partial charge in [0.15, 0.2) is 0 Å². The number of halogens is 1. The van der Waals surface area contributed by atoms with Crippen LogP contribution in [0.5, 0.6) is 0 Å². The topological polar surface area (TPSA) is 40.5 Å². The molecule has 0 aromatic carbocycles. The van der Waals surface area contributed by atoms with Gasteiger partial charge in [0.05, 0.1) is 6.10 Å². The summed E-state index contributed by atoms with van der Waals surface area (Å²) in [6, 6.07) is 0.649. The molecule has 2 unspecified atom stereocenters. The molecule has 92 valence electrons. The first kappa shape index (κ1) is 12.4. The number of fused-ring (bicyclic) bond motifs is 2. The SMILES string of the molecule is O=C(CCCCBr)N1C2CCC1CC(O)C2. The van der Waals surface area contributed by atoms with Crippen molar-refractivity contribution in [3.8, 4) is 0 Å². The van der Waals surface area contributed by atoms with Gasteiger partial charge in [-0.05, 0) is 38.5 Å². The maximum absolute atomic E-state index is 12.1. The number of nitrogens with zero attached hydrogens (tertiary/aromatic N) is 1. The summed E-state index contributed by atoms with van der Waals surface area (Å²) in [5.41, 5.74) is 0. The molecule has 2 aliphatic heterocycles. The maximum atomic E-state index is 12.1. The van der Waals surface area contributed by atoms with E-state index in [-0.39, 0.29) is 6.10 Å². The van der Waals surface area contributed by atoms with Crippen molar-refractivity contribution in [3.63, 3.8) is 0 Å². The molecule has 1 N–H and O–H groups in total. The second-order valence-electron chi connectivity index (χ2n) is 4.96. The number of hydrogen-bond donors (Lipinski definition) is 1. The lowest BCUT2D eigenvalue weighted by Crippen LogP contribution is -2.47. The number of carbonyl (C=O) groups is 1. The molecular weight excluding hydrogens is 270 g/mol. The molecule has 2 fully saturated rings. The molecule has 0 aromatic rings. The van der Waals surface area contributed by atoms with Gasteiger partial charge in [0.1, 0.15) is 0 Å². The van der Waals surface area contributed by atoms with Crippen LogP contribution in [-0.4, -0.2) is 39.4 Å². The second-order valence-corrected chi connectivity index (χ2v) is 5.75. The van der Waals surface area contributed by atoms with Crippen LogP contribution in [-0.2, 0) is 4.79 Å². The first-order chi connectivity index (χ1) is 7.72. The van der Waals surface area contributed by atoms with Crippen LogP contribution in [0.2, 0.25) is 0 Å². The highest BCUT2D eigenvalue weighted by Crippen LogP contribution is 2.36. The van der Waals surface area contributed by atoms with Crippen molar-refractivity contribution < 1.29 is 9.90 Å². The third-order valence-electron chi connectivity index (χ3n) is 3.77. The summed E-state index contributed by atoms with van der Waals surface area (Å²) in [6.45, 7) is 0. The standard InChI is InChI=1S/C12H20BrNO2/c13-6-2-1-3-12(16)14-9-4-5-10(14)8-11(15)7-9/h9-11,15H,1-8H2. The highest BCUT2D eigenvalue weighted by molar-refractivity contribution is 9.09. The van der Waals surface area contributed by atoms with Crippen molar-refractivity contribution >= 4 is 21.8 Å². The van der Waals surface area contributed by atoms with Gasteiger partial charge in [-0.25, -0.2) is 0 Å². The number of hydrogen-bond acceptors (Lipinski definition) is 2. The van der Waals surface area contributed by atoms with Gasteiger partial charge in [0.2, 0.25) is 5.91 Å². The van der Waals surface area contributed by atoms with E-state index in [2.05, 4.69) is 20.8 Å². The van der Waals surface area contributed by atoms with Crippen LogP contribution in [0.15, 0.2) is 0 Å². The predicted octanol–water partition coefficient (Wildman–Crippen LogP) is 2.07. The van der Waals surface area contributed by atoms with E-state index >= 15 is 0 Å². The van der Waals surface area contributed by atoms with Crippen LogP contribution in [0, 0.1) is 0 Å². The number of rotatable bonds is 4. The highest BCUT2D eigenvalue weighted by atomic mass is 79.9. The van der Waals surface area contributed by atoms with Crippen LogP contribution in [0.1, 0.15) is 44.9 Å². The molecule has 0 radical (unpaired) electrons. The molecule has 0 spiro atoms. The van der Waals surface area contributed by atoms with Gasteiger partial charge in [-0.15, -0.1) is 0 Å². The zero-order valence-electron chi connectivity index (χ0n) is 9.57. The van der Waals surface area contributed by atoms with E-state index in [1.165, 1.54) is 0 Å². The average Bonchev–Trinajstić information content (AvgIpc) is 2.52. The Bertz CT molecular complexity index is 245. The fourth-order valence-electron chi connectivity index (χ4n) is 3.06. The van der Waals surface area contributed by atoms with Gasteiger partial charge >= 0.3 is 0 Å². The third-order valence-corrected chi connectivity index (χ3v) is 4.33. The van der Waals surface area contributed by atoms with Crippen molar-refractivity contribution in [1.82, 2.24) is 4.90 Å². The number of alkyl halides is 1. The Morgan fingerprint density at radius 3 is 2.44 bits per heavy atom. The van der Waals surface area contributed by atoms with Crippen molar-refractivity contribution in [2.75, 3.05) is 5.33 Å². The number of amides is 1. The largest absolute Gasteiger partial charge is 0.393 e. The molecule has 2 heterocycles. The Balaban J connectivity index is 1.87. The van der Waals surface area contributed by atoms with Crippen LogP contribution in [0.25, 0.3) is 0 Å². The summed E-state index contributed by atoms with van der Waals surface area (Å²) in [4.78, 5) is 14.1. The second kappa shape index (κ2) is 5.50. The lowest BCUT2D eigenvalue weighted by Gasteiger charge is -2.37. The van der Waals surface area contributed by atoms with Gasteiger partial charge in [-0.3, -0.25) is 4.79 Å². The minimum Gasteiger partial charge on any atom is -0.393 e. The molecular formula is C12H20BrNO2. The van der Waals surface area contributed by atoms with E-state index in [1.807, 2.05) is 0 Å². The summed E-state index contributed by atoms with van der Waals surface area (Å²) >= 11 is 3.38. The minimum absolute atomic E-state index is 0.177. The lowest BCUT2D eigenvalue weighted by molar-refractivity contribution is -0.137. The number of aliphatic hydroxyl groups is 1. The summed E-state index contributed by atoms with van der Waals surface area (Å²) in [5.74, 6) is 0.306. The first-order valence-corrected chi connectivity index (χ1v) is 7.39. The monoisotopic (exact) mass is 289 g/mol. The van der Waals surface area contributed by atoms with Crippen LogP contribution < -0.4 is 0 Å². The Hall–Kier alpha value is -0.0900. The van der Waals surface area contributed by atoms with Gasteiger partial charge in [-0.1, -0.05) is 15.9 Å². The molecule has 2 atom stereocenters. The van der Waals surface area contributed by atoms with Gasteiger partial charge in [-0.2, -0.15) is 0 Å². The Morgan fingerprint density at radius 1 is 1.25 bits per heavy atom. The fourth-order valence-corrected chi connectivity index (χ4v) is 3.45. The molecule has 0 saturated carbocycles. The molecule has 4 heteroatoms. The first-order valence-electron chi connectivity index (χ1n) is 6.27. The van der Waals surface area contributed by atoms with E-state index < -0.39 is 0 Å². The van der Waals surface area contributed by atoms with E-state index in [4.69, 9.17) is 0 Å². The van der Waals surface area contributed by atoms with Crippen molar-refractivity contribution in [1.29, 1.82) is 0 Å². The van der Waals surface area contributed by atoms with Crippen molar-refractivity contribution in [2.24, 2.45) is 0 Å². The summed E-state index contributed by atoms with van der Waals surface area (Å²) in [7, 11) is 0. The molecule has 2 rings (SSSR count). The number of unbranched alkanes of at least 4 members (excludes halogenated alkanes) is 1. The van der Waals surface area contributed by atoms with E-state index in [0.717, 1.165) is 43.9 Å². The molecule has 0 aliphatic carbocycles. The highest BCUT2D eigenvalue weighted by Gasteiger charge is 2.42. The van der Waals surface area contributed by atoms with E-state index in [0.29, 0.717) is 24.4 Å². The van der Waals surface area contributed by atoms with Crippen LogP contribution >= 0.6 is 15.9 Å². The average molecular weight is 290 g/mol. The van der Waals surface area contributed by atoms with E-state index in [9.17, 15) is 9.90 Å². The van der Waals surface area contributed by atoms with Crippen molar-refractivity contribution in [2.45, 2.75) is 63.1 Å². The molecule has 2 bridgehead atoms. The Kier molecular flexibility index (Phi) is 4.25. The summed E-state index contributed by atoms with van der Waals surface area (Å²) < 4.78 is 0. The maximum Gasteiger partial charge on any atom is 0.223 e. The smallest absolute Gasteiger partial charge is 0.223 e. The number of piperidine rings is 1. The molecule has 2 aliphatic rings. The third kappa shape index (κ3) is 2.59. The summed E-state index contributed by atoms with van der Waals surface area (Å²) in [6.07, 6.45) is 6.30. The molecule has 16 heavy (non-hydrogen) atoms. The lowest BCUT2D eigenvalue weighted by atomic mass is 9.99. The van der Waals surface area contributed by atoms with Gasteiger partial charge in [0.25, 0.3) is 0 Å².